The van der Waals surface area contributed by atoms with Crippen molar-refractivity contribution in [2.45, 2.75) is 33.1 Å². The maximum Gasteiger partial charge on any atom is 0.224 e. The highest BCUT2D eigenvalue weighted by atomic mass is 19.1. The van der Waals surface area contributed by atoms with Crippen LogP contribution >= 0.6 is 0 Å². The summed E-state index contributed by atoms with van der Waals surface area (Å²) in [6, 6.07) is 4.17. The number of rotatable bonds is 5. The van der Waals surface area contributed by atoms with Crippen LogP contribution in [0.3, 0.4) is 0 Å². The molecule has 0 aromatic heterocycles. The lowest BCUT2D eigenvalue weighted by Gasteiger charge is -2.19. The third-order valence-electron chi connectivity index (χ3n) is 3.90. The van der Waals surface area contributed by atoms with Crippen LogP contribution in [-0.4, -0.2) is 30.4 Å². The van der Waals surface area contributed by atoms with Crippen molar-refractivity contribution >= 4 is 17.3 Å². The second-order valence-electron chi connectivity index (χ2n) is 6.58. The Morgan fingerprint density at radius 3 is 2.90 bits per heavy atom. The number of benzene rings is 1. The highest BCUT2D eigenvalue weighted by Gasteiger charge is 2.28. The first-order valence-corrected chi connectivity index (χ1v) is 7.43. The molecule has 0 radical (unpaired) electrons. The Morgan fingerprint density at radius 2 is 2.24 bits per heavy atom. The summed E-state index contributed by atoms with van der Waals surface area (Å²) in [5.74, 6) is -0.628. The Labute approximate surface area is 125 Å². The van der Waals surface area contributed by atoms with E-state index < -0.39 is 5.82 Å². The summed E-state index contributed by atoms with van der Waals surface area (Å²) in [7, 11) is 0. The van der Waals surface area contributed by atoms with Gasteiger partial charge in [0.1, 0.15) is 5.82 Å². The van der Waals surface area contributed by atoms with Gasteiger partial charge in [0.25, 0.3) is 0 Å². The smallest absolute Gasteiger partial charge is 0.224 e. The molecule has 1 aliphatic rings. The summed E-state index contributed by atoms with van der Waals surface area (Å²) < 4.78 is 13.5. The molecule has 1 aliphatic heterocycles. The Kier molecular flexibility index (Phi) is 4.83. The number of nitrogens with one attached hydrogen (secondary N) is 1. The number of nitrogen functional groups attached to an aromatic ring is 1. The summed E-state index contributed by atoms with van der Waals surface area (Å²) in [5, 5.41) is 2.58. The zero-order chi connectivity index (χ0) is 15.5. The molecule has 1 heterocycles. The highest BCUT2D eigenvalue weighted by molar-refractivity contribution is 5.91. The molecule has 0 bridgehead atoms. The normalized spacial score (nSPS) is 17.9. The summed E-state index contributed by atoms with van der Waals surface area (Å²) in [4.78, 5) is 14.2. The second-order valence-corrected chi connectivity index (χ2v) is 6.58. The molecule has 0 saturated carbocycles. The number of likely N-dealkylation sites (tertiary alicyclic amines) is 1. The molecule has 0 aliphatic carbocycles. The predicted molar refractivity (Wildman–Crippen MR) is 83.5 cm³/mol. The summed E-state index contributed by atoms with van der Waals surface area (Å²) in [5.41, 5.74) is 6.56. The van der Waals surface area contributed by atoms with Crippen LogP contribution in [0.1, 0.15) is 33.1 Å². The molecular weight excluding hydrogens is 269 g/mol. The quantitative estimate of drug-likeness (QED) is 0.821. The zero-order valence-corrected chi connectivity index (χ0v) is 12.8. The number of nitrogens with zero attached hydrogens (tertiary/aromatic N) is 1. The number of anilines is 2. The molecule has 4 nitrogen and oxygen atoms in total. The number of carbonyl (C=O) groups is 1. The van der Waals surface area contributed by atoms with Gasteiger partial charge in [-0.2, -0.15) is 0 Å². The molecule has 1 aromatic carbocycles. The van der Waals surface area contributed by atoms with Gasteiger partial charge in [-0.25, -0.2) is 4.39 Å². The van der Waals surface area contributed by atoms with E-state index in [1.54, 1.807) is 0 Å². The van der Waals surface area contributed by atoms with Gasteiger partial charge in [0, 0.05) is 18.7 Å². The number of nitrogens with two attached hydrogens (primary N) is 1. The number of carbonyl (C=O) groups excluding carboxylic acids is 1. The standard InChI is InChI=1S/C16H24FN3O/c1-16(2)7-9-20(11-16)8-3-4-15(21)19-14-10-12(18)5-6-13(14)17/h5-6,10H,3-4,7-9,11,18H2,1-2H3,(H,19,21). The Bertz CT molecular complexity index is 516. The summed E-state index contributed by atoms with van der Waals surface area (Å²) >= 11 is 0. The molecule has 3 N–H and O–H groups in total. The van der Waals surface area contributed by atoms with E-state index in [-0.39, 0.29) is 11.6 Å². The van der Waals surface area contributed by atoms with Crippen molar-refractivity contribution in [3.05, 3.63) is 24.0 Å². The van der Waals surface area contributed by atoms with Gasteiger partial charge in [0.05, 0.1) is 5.69 Å². The minimum atomic E-state index is -0.459. The van der Waals surface area contributed by atoms with Gasteiger partial charge in [-0.05, 0) is 49.5 Å². The van der Waals surface area contributed by atoms with E-state index in [1.165, 1.54) is 24.6 Å². The van der Waals surface area contributed by atoms with E-state index in [2.05, 4.69) is 24.1 Å². The molecule has 2 rings (SSSR count). The predicted octanol–water partition coefficient (Wildman–Crippen LogP) is 2.86. The Morgan fingerprint density at radius 1 is 1.48 bits per heavy atom. The van der Waals surface area contributed by atoms with Crippen LogP contribution in [0.25, 0.3) is 0 Å². The molecule has 21 heavy (non-hydrogen) atoms. The van der Waals surface area contributed by atoms with Crippen molar-refractivity contribution in [3.8, 4) is 0 Å². The van der Waals surface area contributed by atoms with Gasteiger partial charge in [-0.1, -0.05) is 13.8 Å². The highest BCUT2D eigenvalue weighted by Crippen LogP contribution is 2.28. The Hall–Kier alpha value is -1.62. The van der Waals surface area contributed by atoms with Gasteiger partial charge >= 0.3 is 0 Å². The van der Waals surface area contributed by atoms with E-state index >= 15 is 0 Å². The molecule has 1 aromatic rings. The summed E-state index contributed by atoms with van der Waals surface area (Å²) in [6.45, 7) is 7.62. The fraction of sp³-hybridized carbons (Fsp3) is 0.562. The number of amides is 1. The van der Waals surface area contributed by atoms with Crippen LogP contribution in [0.15, 0.2) is 18.2 Å². The van der Waals surface area contributed by atoms with Crippen LogP contribution in [0.5, 0.6) is 0 Å². The largest absolute Gasteiger partial charge is 0.399 e. The average Bonchev–Trinajstić information content (AvgIpc) is 2.73. The average molecular weight is 293 g/mol. The van der Waals surface area contributed by atoms with Gasteiger partial charge < -0.3 is 16.0 Å². The second kappa shape index (κ2) is 6.43. The van der Waals surface area contributed by atoms with Gasteiger partial charge in [0.2, 0.25) is 5.91 Å². The van der Waals surface area contributed by atoms with Crippen LogP contribution < -0.4 is 11.1 Å². The van der Waals surface area contributed by atoms with Crippen molar-refractivity contribution < 1.29 is 9.18 Å². The molecule has 1 amide bonds. The van der Waals surface area contributed by atoms with Crippen molar-refractivity contribution in [3.63, 3.8) is 0 Å². The first kappa shape index (κ1) is 15.8. The van der Waals surface area contributed by atoms with Crippen molar-refractivity contribution in [1.82, 2.24) is 4.90 Å². The summed E-state index contributed by atoms with van der Waals surface area (Å²) in [6.07, 6.45) is 2.38. The van der Waals surface area contributed by atoms with Crippen molar-refractivity contribution in [1.29, 1.82) is 0 Å². The monoisotopic (exact) mass is 293 g/mol. The van der Waals surface area contributed by atoms with E-state index in [9.17, 15) is 9.18 Å². The van der Waals surface area contributed by atoms with Crippen molar-refractivity contribution in [2.75, 3.05) is 30.7 Å². The first-order valence-electron chi connectivity index (χ1n) is 7.43. The fourth-order valence-corrected chi connectivity index (χ4v) is 2.73. The van der Waals surface area contributed by atoms with E-state index in [4.69, 9.17) is 5.73 Å². The Balaban J connectivity index is 1.74. The number of hydrogen-bond donors (Lipinski definition) is 2. The molecule has 116 valence electrons. The third kappa shape index (κ3) is 4.70. The molecule has 0 unspecified atom stereocenters. The third-order valence-corrected chi connectivity index (χ3v) is 3.90. The van der Waals surface area contributed by atoms with Crippen LogP contribution in [0.2, 0.25) is 0 Å². The van der Waals surface area contributed by atoms with E-state index in [1.807, 2.05) is 0 Å². The lowest BCUT2D eigenvalue weighted by molar-refractivity contribution is -0.116. The molecule has 1 fully saturated rings. The zero-order valence-electron chi connectivity index (χ0n) is 12.8. The molecule has 1 saturated heterocycles. The minimum Gasteiger partial charge on any atom is -0.399 e. The van der Waals surface area contributed by atoms with Crippen LogP contribution in [-0.2, 0) is 4.79 Å². The number of hydrogen-bond acceptors (Lipinski definition) is 3. The lowest BCUT2D eigenvalue weighted by Crippen LogP contribution is -2.25. The van der Waals surface area contributed by atoms with Crippen molar-refractivity contribution in [2.24, 2.45) is 5.41 Å². The van der Waals surface area contributed by atoms with E-state index in [0.29, 0.717) is 17.5 Å². The van der Waals surface area contributed by atoms with Gasteiger partial charge in [-0.15, -0.1) is 0 Å². The molecule has 0 spiro atoms. The van der Waals surface area contributed by atoms with Crippen LogP contribution in [0.4, 0.5) is 15.8 Å². The topological polar surface area (TPSA) is 58.4 Å². The van der Waals surface area contributed by atoms with Crippen LogP contribution in [0, 0.1) is 11.2 Å². The maximum absolute atomic E-state index is 13.5. The molecular formula is C16H24FN3O. The minimum absolute atomic E-state index is 0.155. The fourth-order valence-electron chi connectivity index (χ4n) is 2.73. The maximum atomic E-state index is 13.5. The molecule has 0 atom stereocenters. The first-order chi connectivity index (χ1) is 9.85. The van der Waals surface area contributed by atoms with Gasteiger partial charge in [-0.3, -0.25) is 4.79 Å². The van der Waals surface area contributed by atoms with Gasteiger partial charge in [0.15, 0.2) is 0 Å². The number of halogens is 1. The SMILES string of the molecule is CC1(C)CCN(CCCC(=O)Nc2cc(N)ccc2F)C1. The molecule has 5 heteroatoms. The lowest BCUT2D eigenvalue weighted by atomic mass is 9.93. The van der Waals surface area contributed by atoms with E-state index in [0.717, 1.165) is 26.1 Å².